The number of hydrogen-bond acceptors (Lipinski definition) is 2. The van der Waals surface area contributed by atoms with E-state index < -0.39 is 17.5 Å². The van der Waals surface area contributed by atoms with Crippen molar-refractivity contribution in [1.29, 1.82) is 0 Å². The van der Waals surface area contributed by atoms with Gasteiger partial charge in [-0.1, -0.05) is 24.3 Å². The van der Waals surface area contributed by atoms with Gasteiger partial charge in [0.1, 0.15) is 12.4 Å². The fraction of sp³-hybridized carbons (Fsp3) is 0.278. The Morgan fingerprint density at radius 1 is 1.13 bits per heavy atom. The number of ether oxygens (including phenoxy) is 1. The van der Waals surface area contributed by atoms with E-state index in [0.29, 0.717) is 5.75 Å². The van der Waals surface area contributed by atoms with Gasteiger partial charge in [0.2, 0.25) is 0 Å². The van der Waals surface area contributed by atoms with Gasteiger partial charge in [-0.05, 0) is 44.0 Å². The van der Waals surface area contributed by atoms with Crippen molar-refractivity contribution < 1.29 is 22.7 Å². The first-order valence-corrected chi connectivity index (χ1v) is 7.10. The summed E-state index contributed by atoms with van der Waals surface area (Å²) >= 11 is 0. The maximum Gasteiger partial charge on any atom is 0.416 e. The van der Waals surface area contributed by atoms with Crippen molar-refractivity contribution in [2.75, 3.05) is 0 Å². The van der Waals surface area contributed by atoms with Gasteiger partial charge in [0, 0.05) is 11.1 Å². The van der Waals surface area contributed by atoms with E-state index in [1.54, 1.807) is 6.07 Å². The van der Waals surface area contributed by atoms with Crippen molar-refractivity contribution in [2.45, 2.75) is 33.6 Å². The molecule has 0 N–H and O–H groups in total. The molecule has 0 amide bonds. The molecule has 0 aliphatic carbocycles. The van der Waals surface area contributed by atoms with Gasteiger partial charge in [-0.15, -0.1) is 0 Å². The summed E-state index contributed by atoms with van der Waals surface area (Å²) in [6, 6.07) is 9.09. The van der Waals surface area contributed by atoms with E-state index in [4.69, 9.17) is 4.74 Å². The van der Waals surface area contributed by atoms with Crippen LogP contribution in [0.25, 0.3) is 0 Å². The molecule has 2 aromatic carbocycles. The molecule has 0 bridgehead atoms. The molecule has 0 heterocycles. The fourth-order valence-electron chi connectivity index (χ4n) is 2.35. The van der Waals surface area contributed by atoms with Gasteiger partial charge < -0.3 is 4.74 Å². The summed E-state index contributed by atoms with van der Waals surface area (Å²) in [5.74, 6) is 0.0899. The van der Waals surface area contributed by atoms with Crippen LogP contribution >= 0.6 is 0 Å². The third-order valence-corrected chi connectivity index (χ3v) is 3.58. The van der Waals surface area contributed by atoms with E-state index in [1.807, 2.05) is 26.0 Å². The maximum absolute atomic E-state index is 13.2. The summed E-state index contributed by atoms with van der Waals surface area (Å²) < 4.78 is 45.2. The molecule has 0 saturated carbocycles. The lowest BCUT2D eigenvalue weighted by atomic mass is 9.98. The van der Waals surface area contributed by atoms with Gasteiger partial charge in [0.15, 0.2) is 5.78 Å². The number of carbonyl (C=O) groups excluding carboxylic acids is 1. The molecule has 2 nitrogen and oxygen atoms in total. The van der Waals surface area contributed by atoms with Crippen LogP contribution in [0, 0.1) is 13.8 Å². The monoisotopic (exact) mass is 322 g/mol. The maximum atomic E-state index is 13.2. The minimum absolute atomic E-state index is 0.0325. The third kappa shape index (κ3) is 3.92. The van der Waals surface area contributed by atoms with Crippen LogP contribution in [0.15, 0.2) is 36.4 Å². The van der Waals surface area contributed by atoms with Crippen LogP contribution < -0.4 is 4.74 Å². The summed E-state index contributed by atoms with van der Waals surface area (Å²) in [6.07, 6.45) is -4.54. The van der Waals surface area contributed by atoms with Crippen LogP contribution in [0.5, 0.6) is 5.75 Å². The molecule has 122 valence electrons. The molecule has 2 aromatic rings. The van der Waals surface area contributed by atoms with Crippen molar-refractivity contribution in [2.24, 2.45) is 0 Å². The average Bonchev–Trinajstić information content (AvgIpc) is 2.46. The number of benzene rings is 2. The molecule has 0 spiro atoms. The van der Waals surface area contributed by atoms with E-state index in [9.17, 15) is 18.0 Å². The standard InChI is InChI=1S/C18H17F3O2/c1-11-7-8-12(2)17(9-11)23-10-15-14(13(3)22)5-4-6-16(15)18(19,20)21/h4-9H,10H2,1-3H3. The van der Waals surface area contributed by atoms with Crippen LogP contribution in [-0.2, 0) is 12.8 Å². The summed E-state index contributed by atoms with van der Waals surface area (Å²) in [5.41, 5.74) is 0.833. The van der Waals surface area contributed by atoms with Crippen molar-refractivity contribution >= 4 is 5.78 Å². The minimum Gasteiger partial charge on any atom is -0.489 e. The molecular weight excluding hydrogens is 305 g/mol. The number of ketones is 1. The van der Waals surface area contributed by atoms with E-state index in [0.717, 1.165) is 17.2 Å². The SMILES string of the molecule is CC(=O)c1cccc(C(F)(F)F)c1COc1cc(C)ccc1C. The number of hydrogen-bond donors (Lipinski definition) is 0. The molecule has 0 fully saturated rings. The van der Waals surface area contributed by atoms with E-state index >= 15 is 0 Å². The molecule has 5 heteroatoms. The zero-order valence-electron chi connectivity index (χ0n) is 13.1. The van der Waals surface area contributed by atoms with Gasteiger partial charge in [-0.3, -0.25) is 4.79 Å². The molecule has 0 unspecified atom stereocenters. The molecule has 0 aliphatic rings. The van der Waals surface area contributed by atoms with E-state index in [2.05, 4.69) is 0 Å². The summed E-state index contributed by atoms with van der Waals surface area (Å²) in [5, 5.41) is 0. The largest absolute Gasteiger partial charge is 0.489 e. The van der Waals surface area contributed by atoms with E-state index in [1.165, 1.54) is 19.1 Å². The highest BCUT2D eigenvalue weighted by molar-refractivity contribution is 5.95. The van der Waals surface area contributed by atoms with Crippen LogP contribution in [0.2, 0.25) is 0 Å². The molecule has 2 rings (SSSR count). The quantitative estimate of drug-likeness (QED) is 0.732. The van der Waals surface area contributed by atoms with Crippen molar-refractivity contribution in [3.05, 3.63) is 64.2 Å². The lowest BCUT2D eigenvalue weighted by molar-refractivity contribution is -0.138. The third-order valence-electron chi connectivity index (χ3n) is 3.58. The highest BCUT2D eigenvalue weighted by Gasteiger charge is 2.34. The predicted molar refractivity (Wildman–Crippen MR) is 81.7 cm³/mol. The molecular formula is C18H17F3O2. The second kappa shape index (κ2) is 6.44. The Balaban J connectivity index is 2.41. The van der Waals surface area contributed by atoms with Gasteiger partial charge in [-0.25, -0.2) is 0 Å². The van der Waals surface area contributed by atoms with Crippen LogP contribution in [0.4, 0.5) is 13.2 Å². The zero-order chi connectivity index (χ0) is 17.2. The fourth-order valence-corrected chi connectivity index (χ4v) is 2.35. The van der Waals surface area contributed by atoms with Gasteiger partial charge in [-0.2, -0.15) is 13.2 Å². The highest BCUT2D eigenvalue weighted by atomic mass is 19.4. The number of aryl methyl sites for hydroxylation is 2. The van der Waals surface area contributed by atoms with Gasteiger partial charge >= 0.3 is 6.18 Å². The lowest BCUT2D eigenvalue weighted by Gasteiger charge is -2.17. The highest BCUT2D eigenvalue weighted by Crippen LogP contribution is 2.34. The molecule has 0 radical (unpaired) electrons. The molecule has 0 atom stereocenters. The molecule has 0 aliphatic heterocycles. The molecule has 0 aromatic heterocycles. The second-order valence-electron chi connectivity index (χ2n) is 5.44. The van der Waals surface area contributed by atoms with Crippen molar-refractivity contribution in [1.82, 2.24) is 0 Å². The number of Topliss-reactive ketones (excluding diaryl/α,β-unsaturated/α-hetero) is 1. The Labute approximate surface area is 132 Å². The smallest absolute Gasteiger partial charge is 0.416 e. The first kappa shape index (κ1) is 17.1. The lowest BCUT2D eigenvalue weighted by Crippen LogP contribution is -2.15. The minimum atomic E-state index is -4.54. The van der Waals surface area contributed by atoms with Crippen LogP contribution in [0.3, 0.4) is 0 Å². The average molecular weight is 322 g/mol. The Morgan fingerprint density at radius 3 is 2.43 bits per heavy atom. The number of alkyl halides is 3. The Bertz CT molecular complexity index is 734. The number of carbonyl (C=O) groups is 1. The Kier molecular flexibility index (Phi) is 4.78. The number of halogens is 3. The van der Waals surface area contributed by atoms with Crippen LogP contribution in [0.1, 0.15) is 39.5 Å². The predicted octanol–water partition coefficient (Wildman–Crippen LogP) is 5.10. The topological polar surface area (TPSA) is 26.3 Å². The molecule has 23 heavy (non-hydrogen) atoms. The van der Waals surface area contributed by atoms with E-state index in [-0.39, 0.29) is 17.7 Å². The summed E-state index contributed by atoms with van der Waals surface area (Å²) in [4.78, 5) is 11.7. The van der Waals surface area contributed by atoms with Gasteiger partial charge in [0.05, 0.1) is 5.56 Å². The van der Waals surface area contributed by atoms with Crippen molar-refractivity contribution in [3.63, 3.8) is 0 Å². The second-order valence-corrected chi connectivity index (χ2v) is 5.44. The first-order chi connectivity index (χ1) is 10.7. The van der Waals surface area contributed by atoms with Crippen LogP contribution in [-0.4, -0.2) is 5.78 Å². The van der Waals surface area contributed by atoms with Crippen molar-refractivity contribution in [3.8, 4) is 5.75 Å². The summed E-state index contributed by atoms with van der Waals surface area (Å²) in [7, 11) is 0. The summed E-state index contributed by atoms with van der Waals surface area (Å²) in [6.45, 7) is 4.62. The Morgan fingerprint density at radius 2 is 1.83 bits per heavy atom. The Hall–Kier alpha value is -2.30. The molecule has 0 saturated heterocycles. The number of rotatable bonds is 4. The first-order valence-electron chi connectivity index (χ1n) is 7.10. The normalized spacial score (nSPS) is 11.4. The zero-order valence-corrected chi connectivity index (χ0v) is 13.1. The van der Waals surface area contributed by atoms with Gasteiger partial charge in [0.25, 0.3) is 0 Å².